The molecule has 1 amide bonds. The second kappa shape index (κ2) is 69.6. The summed E-state index contributed by atoms with van der Waals surface area (Å²) in [5.41, 5.74) is 0. The van der Waals surface area contributed by atoms with E-state index >= 15 is 0 Å². The van der Waals surface area contributed by atoms with Gasteiger partial charge >= 0.3 is 0 Å². The Morgan fingerprint density at radius 3 is 0.886 bits per heavy atom. The van der Waals surface area contributed by atoms with Crippen LogP contribution in [0.2, 0.25) is 0 Å². The van der Waals surface area contributed by atoms with Gasteiger partial charge in [-0.3, -0.25) is 4.79 Å². The Morgan fingerprint density at radius 1 is 0.316 bits per heavy atom. The highest BCUT2D eigenvalue weighted by Crippen LogP contribution is 2.18. The molecule has 458 valence electrons. The van der Waals surface area contributed by atoms with Crippen molar-refractivity contribution in [2.45, 2.75) is 366 Å². The quantitative estimate of drug-likeness (QED) is 0.0420. The molecule has 79 heavy (non-hydrogen) atoms. The number of nitrogens with one attached hydrogen (secondary N) is 1. The van der Waals surface area contributed by atoms with Crippen LogP contribution < -0.4 is 5.32 Å². The van der Waals surface area contributed by atoms with Gasteiger partial charge in [-0.25, -0.2) is 0 Å². The maximum atomic E-state index is 12.5. The monoisotopic (exact) mass is 1100 g/mol. The largest absolute Gasteiger partial charge is 0.394 e. The van der Waals surface area contributed by atoms with Gasteiger partial charge in [-0.1, -0.05) is 361 Å². The summed E-state index contributed by atoms with van der Waals surface area (Å²) in [4.78, 5) is 12.5. The van der Waals surface area contributed by atoms with E-state index in [4.69, 9.17) is 0 Å². The Morgan fingerprint density at radius 2 is 0.570 bits per heavy atom. The molecule has 0 rings (SSSR count). The lowest BCUT2D eigenvalue weighted by Gasteiger charge is -2.19. The van der Waals surface area contributed by atoms with Crippen LogP contribution >= 0.6 is 0 Å². The number of carbonyl (C=O) groups is 1. The summed E-state index contributed by atoms with van der Waals surface area (Å²) in [7, 11) is 0. The first-order valence-corrected chi connectivity index (χ1v) is 35.0. The van der Waals surface area contributed by atoms with Gasteiger partial charge in [0.05, 0.1) is 18.8 Å². The lowest BCUT2D eigenvalue weighted by Crippen LogP contribution is -2.45. The van der Waals surface area contributed by atoms with Gasteiger partial charge in [0.25, 0.3) is 0 Å². The minimum Gasteiger partial charge on any atom is -0.394 e. The topological polar surface area (TPSA) is 69.6 Å². The smallest absolute Gasteiger partial charge is 0.220 e. The highest BCUT2D eigenvalue weighted by atomic mass is 16.3. The van der Waals surface area contributed by atoms with Crippen LogP contribution in [0.15, 0.2) is 97.2 Å². The van der Waals surface area contributed by atoms with Crippen LogP contribution in [0.1, 0.15) is 354 Å². The summed E-state index contributed by atoms with van der Waals surface area (Å²) < 4.78 is 0. The van der Waals surface area contributed by atoms with E-state index in [0.29, 0.717) is 6.42 Å². The van der Waals surface area contributed by atoms with Gasteiger partial charge in [-0.15, -0.1) is 0 Å². The number of rotatable bonds is 64. The fourth-order valence-electron chi connectivity index (χ4n) is 10.6. The fourth-order valence-corrected chi connectivity index (χ4v) is 10.6. The van der Waals surface area contributed by atoms with Crippen LogP contribution in [-0.4, -0.2) is 34.9 Å². The molecule has 0 aromatic carbocycles. The van der Waals surface area contributed by atoms with Crippen molar-refractivity contribution >= 4 is 5.91 Å². The maximum absolute atomic E-state index is 12.5. The summed E-state index contributed by atoms with van der Waals surface area (Å²) in [6.07, 6.45) is 104. The number of aliphatic hydroxyl groups is 2. The normalized spacial score (nSPS) is 13.3. The van der Waals surface area contributed by atoms with Crippen molar-refractivity contribution in [1.82, 2.24) is 5.32 Å². The third-order valence-electron chi connectivity index (χ3n) is 15.8. The minimum absolute atomic E-state index is 0.0693. The van der Waals surface area contributed by atoms with Gasteiger partial charge in [-0.05, 0) is 83.5 Å². The number of aliphatic hydroxyl groups excluding tert-OH is 2. The Labute approximate surface area is 494 Å². The van der Waals surface area contributed by atoms with E-state index in [9.17, 15) is 15.0 Å². The van der Waals surface area contributed by atoms with Crippen LogP contribution in [0.5, 0.6) is 0 Å². The van der Waals surface area contributed by atoms with E-state index in [1.807, 2.05) is 6.08 Å². The molecule has 0 aromatic heterocycles. The van der Waals surface area contributed by atoms with E-state index in [1.54, 1.807) is 6.08 Å². The van der Waals surface area contributed by atoms with Crippen molar-refractivity contribution in [3.8, 4) is 0 Å². The first kappa shape index (κ1) is 76.3. The molecule has 0 aliphatic heterocycles. The molecule has 0 aliphatic rings. The second-order valence-corrected chi connectivity index (χ2v) is 23.6. The summed E-state index contributed by atoms with van der Waals surface area (Å²) in [6, 6.07) is -0.643. The van der Waals surface area contributed by atoms with Crippen molar-refractivity contribution < 1.29 is 15.0 Å². The molecule has 0 spiro atoms. The lowest BCUT2D eigenvalue weighted by atomic mass is 10.0. The number of allylic oxidation sites excluding steroid dienone is 15. The van der Waals surface area contributed by atoms with Crippen molar-refractivity contribution in [3.63, 3.8) is 0 Å². The van der Waals surface area contributed by atoms with Crippen molar-refractivity contribution in [2.75, 3.05) is 6.61 Å². The number of carbonyl (C=O) groups excluding carboxylic acids is 1. The molecule has 0 aliphatic carbocycles. The van der Waals surface area contributed by atoms with Gasteiger partial charge in [-0.2, -0.15) is 0 Å². The van der Waals surface area contributed by atoms with Gasteiger partial charge in [0, 0.05) is 6.42 Å². The third-order valence-corrected chi connectivity index (χ3v) is 15.8. The number of amides is 1. The zero-order chi connectivity index (χ0) is 56.9. The Bertz CT molecular complexity index is 1430. The van der Waals surface area contributed by atoms with E-state index in [-0.39, 0.29) is 12.5 Å². The number of hydrogen-bond acceptors (Lipinski definition) is 3. The molecular weight excluding hydrogens is 963 g/mol. The summed E-state index contributed by atoms with van der Waals surface area (Å²) in [5, 5.41) is 23.3. The molecule has 0 fully saturated rings. The minimum atomic E-state index is -0.866. The Kier molecular flexibility index (Phi) is 67.2. The molecular formula is C75H135NO3. The summed E-state index contributed by atoms with van der Waals surface area (Å²) >= 11 is 0. The van der Waals surface area contributed by atoms with Crippen LogP contribution in [0, 0.1) is 0 Å². The zero-order valence-electron chi connectivity index (χ0n) is 52.9. The standard InChI is InChI=1S/C75H135NO3/c1-3-5-7-9-11-13-15-17-19-21-23-25-27-29-31-32-33-34-35-36-37-38-39-40-41-42-43-44-45-47-49-51-53-55-57-59-61-63-65-67-69-71-75(79)76-73(72-77)74(78)70-68-66-64-62-60-58-56-54-52-50-48-46-30-28-26-24-22-20-18-16-14-12-10-8-6-4-2/h5,7,11,13,17,19,23,25,29,31,33-34,60,62,68,70,73-74,77-78H,3-4,6,8-10,12,14-16,18,20-22,24,26-28,30,32,35-59,61,63-67,69,71-72H2,1-2H3,(H,76,79)/b7-5-,13-11-,19-17-,25-23-,31-29-,34-33-,62-60+,70-68+. The lowest BCUT2D eigenvalue weighted by molar-refractivity contribution is -0.123. The number of hydrogen-bond donors (Lipinski definition) is 3. The highest BCUT2D eigenvalue weighted by Gasteiger charge is 2.18. The van der Waals surface area contributed by atoms with Crippen molar-refractivity contribution in [3.05, 3.63) is 97.2 Å². The molecule has 0 saturated carbocycles. The van der Waals surface area contributed by atoms with Crippen LogP contribution in [-0.2, 0) is 4.79 Å². The molecule has 4 heteroatoms. The van der Waals surface area contributed by atoms with Gasteiger partial charge < -0.3 is 15.5 Å². The van der Waals surface area contributed by atoms with Crippen LogP contribution in [0.4, 0.5) is 0 Å². The predicted molar refractivity (Wildman–Crippen MR) is 354 cm³/mol. The second-order valence-electron chi connectivity index (χ2n) is 23.6. The average molecular weight is 1100 g/mol. The average Bonchev–Trinajstić information content (AvgIpc) is 3.45. The summed E-state index contributed by atoms with van der Waals surface area (Å²) in [5.74, 6) is -0.0693. The molecule has 0 aromatic rings. The van der Waals surface area contributed by atoms with E-state index in [0.717, 1.165) is 70.6 Å². The van der Waals surface area contributed by atoms with Crippen LogP contribution in [0.25, 0.3) is 0 Å². The molecule has 4 nitrogen and oxygen atoms in total. The molecule has 0 bridgehead atoms. The summed E-state index contributed by atoms with van der Waals surface area (Å²) in [6.45, 7) is 4.21. The Hall–Kier alpha value is -2.69. The third kappa shape index (κ3) is 66.0. The first-order valence-electron chi connectivity index (χ1n) is 35.0. The van der Waals surface area contributed by atoms with E-state index in [1.165, 1.54) is 263 Å². The molecule has 0 saturated heterocycles. The van der Waals surface area contributed by atoms with Gasteiger partial charge in [0.2, 0.25) is 5.91 Å². The van der Waals surface area contributed by atoms with E-state index in [2.05, 4.69) is 104 Å². The molecule has 2 atom stereocenters. The van der Waals surface area contributed by atoms with Crippen LogP contribution in [0.3, 0.4) is 0 Å². The SMILES string of the molecule is CC/C=C\C/C=C\C/C=C\C/C=C\C/C=C\C/C=C\CCCCCCCCCCCCCCCCCCCCCCCCC(=O)NC(CO)C(O)/C=C/CC/C=C/CCCCCCCCCCCCCCCCCCCCCC. The van der Waals surface area contributed by atoms with Gasteiger partial charge in [0.15, 0.2) is 0 Å². The predicted octanol–water partition coefficient (Wildman–Crippen LogP) is 24.0. The molecule has 3 N–H and O–H groups in total. The maximum Gasteiger partial charge on any atom is 0.220 e. The number of unbranched alkanes of at least 4 members (excludes halogenated alkanes) is 43. The highest BCUT2D eigenvalue weighted by molar-refractivity contribution is 5.76. The fraction of sp³-hybridized carbons (Fsp3) is 0.773. The van der Waals surface area contributed by atoms with Gasteiger partial charge in [0.1, 0.15) is 0 Å². The zero-order valence-corrected chi connectivity index (χ0v) is 52.9. The van der Waals surface area contributed by atoms with Crippen molar-refractivity contribution in [1.29, 1.82) is 0 Å². The first-order chi connectivity index (χ1) is 39.2. The molecule has 0 heterocycles. The molecule has 0 radical (unpaired) electrons. The van der Waals surface area contributed by atoms with Crippen molar-refractivity contribution in [2.24, 2.45) is 0 Å². The molecule has 2 unspecified atom stereocenters. The van der Waals surface area contributed by atoms with E-state index < -0.39 is 12.1 Å². The Balaban J connectivity index is 3.47.